The molecule has 3 aromatic rings. The van der Waals surface area contributed by atoms with Crippen LogP contribution < -0.4 is 9.47 Å². The molecule has 0 amide bonds. The van der Waals surface area contributed by atoms with Gasteiger partial charge in [-0.2, -0.15) is 4.98 Å². The number of methoxy groups -OCH3 is 2. The molecule has 0 aliphatic heterocycles. The van der Waals surface area contributed by atoms with E-state index in [1.165, 1.54) is 14.2 Å². The highest BCUT2D eigenvalue weighted by molar-refractivity contribution is 5.62. The molecule has 106 valence electrons. The first-order valence-electron chi connectivity index (χ1n) is 6.15. The van der Waals surface area contributed by atoms with Crippen LogP contribution in [0.2, 0.25) is 0 Å². The van der Waals surface area contributed by atoms with E-state index in [4.69, 9.17) is 13.9 Å². The van der Waals surface area contributed by atoms with E-state index in [9.17, 15) is 0 Å². The summed E-state index contributed by atoms with van der Waals surface area (Å²) in [7, 11) is 3.05. The van der Waals surface area contributed by atoms with Crippen LogP contribution >= 0.6 is 0 Å². The van der Waals surface area contributed by atoms with Crippen molar-refractivity contribution in [3.8, 4) is 34.7 Å². The Morgan fingerprint density at radius 3 is 2.57 bits per heavy atom. The molecule has 0 atom stereocenters. The molecule has 0 radical (unpaired) electrons. The maximum absolute atomic E-state index is 5.65. The smallest absolute Gasteiger partial charge is 0.253 e. The molecule has 0 fully saturated rings. The molecule has 3 aromatic heterocycles. The molecule has 0 N–H and O–H groups in total. The van der Waals surface area contributed by atoms with Crippen molar-refractivity contribution in [2.45, 2.75) is 0 Å². The molecule has 0 aliphatic carbocycles. The lowest BCUT2D eigenvalue weighted by molar-refractivity contribution is 0.365. The molecule has 3 rings (SSSR count). The van der Waals surface area contributed by atoms with Crippen molar-refractivity contribution in [2.24, 2.45) is 0 Å². The lowest BCUT2D eigenvalue weighted by atomic mass is 10.2. The predicted molar refractivity (Wildman–Crippen MR) is 73.9 cm³/mol. The van der Waals surface area contributed by atoms with Crippen LogP contribution in [0.15, 0.2) is 41.1 Å². The number of pyridine rings is 2. The average Bonchev–Trinajstić information content (AvgIpc) is 3.04. The number of rotatable bonds is 4. The minimum Gasteiger partial charge on any atom is -0.481 e. The largest absolute Gasteiger partial charge is 0.481 e. The lowest BCUT2D eigenvalue weighted by Gasteiger charge is -2.05. The summed E-state index contributed by atoms with van der Waals surface area (Å²) >= 11 is 0. The quantitative estimate of drug-likeness (QED) is 0.726. The van der Waals surface area contributed by atoms with Crippen LogP contribution in [0.1, 0.15) is 0 Å². The standard InChI is InChI=1S/C14H12N4O3/c1-19-11-6-5-10(13(16-11)20-2)14-18-17-12(21-14)9-4-3-7-15-8-9/h3-8H,1-2H3. The van der Waals surface area contributed by atoms with Gasteiger partial charge in [0.25, 0.3) is 5.89 Å². The van der Waals surface area contributed by atoms with E-state index in [2.05, 4.69) is 20.2 Å². The Labute approximate surface area is 120 Å². The Kier molecular flexibility index (Phi) is 3.46. The fourth-order valence-electron chi connectivity index (χ4n) is 1.79. The summed E-state index contributed by atoms with van der Waals surface area (Å²) in [6.07, 6.45) is 3.33. The second-order valence-electron chi connectivity index (χ2n) is 4.06. The van der Waals surface area contributed by atoms with E-state index in [0.29, 0.717) is 29.1 Å². The third-order valence-corrected chi connectivity index (χ3v) is 2.80. The van der Waals surface area contributed by atoms with Gasteiger partial charge in [-0.05, 0) is 18.2 Å². The van der Waals surface area contributed by atoms with Gasteiger partial charge in [0.1, 0.15) is 5.56 Å². The summed E-state index contributed by atoms with van der Waals surface area (Å²) in [4.78, 5) is 8.20. The molecule has 0 aromatic carbocycles. The zero-order chi connectivity index (χ0) is 14.7. The van der Waals surface area contributed by atoms with Crippen molar-refractivity contribution in [3.05, 3.63) is 36.7 Å². The van der Waals surface area contributed by atoms with Crippen LogP contribution in [-0.2, 0) is 0 Å². The van der Waals surface area contributed by atoms with Crippen LogP contribution in [0.25, 0.3) is 22.9 Å². The molecule has 21 heavy (non-hydrogen) atoms. The second kappa shape index (κ2) is 5.58. The number of nitrogens with zero attached hydrogens (tertiary/aromatic N) is 4. The van der Waals surface area contributed by atoms with Crippen LogP contribution in [0.4, 0.5) is 0 Å². The van der Waals surface area contributed by atoms with Gasteiger partial charge in [0.05, 0.1) is 19.8 Å². The average molecular weight is 284 g/mol. The zero-order valence-electron chi connectivity index (χ0n) is 11.5. The van der Waals surface area contributed by atoms with Crippen LogP contribution in [0, 0.1) is 0 Å². The molecule has 7 heteroatoms. The first kappa shape index (κ1) is 13.0. The van der Waals surface area contributed by atoms with Crippen molar-refractivity contribution in [1.29, 1.82) is 0 Å². The van der Waals surface area contributed by atoms with E-state index in [1.54, 1.807) is 30.6 Å². The molecule has 0 unspecified atom stereocenters. The molecule has 7 nitrogen and oxygen atoms in total. The van der Waals surface area contributed by atoms with Crippen LogP contribution in [0.3, 0.4) is 0 Å². The third-order valence-electron chi connectivity index (χ3n) is 2.80. The molecule has 3 heterocycles. The molecule has 0 aliphatic rings. The number of hydrogen-bond acceptors (Lipinski definition) is 7. The maximum atomic E-state index is 5.65. The SMILES string of the molecule is COc1ccc(-c2nnc(-c3cccnc3)o2)c(OC)n1. The van der Waals surface area contributed by atoms with Gasteiger partial charge in [-0.3, -0.25) is 4.98 Å². The minimum absolute atomic E-state index is 0.320. The highest BCUT2D eigenvalue weighted by atomic mass is 16.5. The van der Waals surface area contributed by atoms with Crippen molar-refractivity contribution in [3.63, 3.8) is 0 Å². The summed E-state index contributed by atoms with van der Waals surface area (Å²) in [6, 6.07) is 7.10. The molecule has 0 bridgehead atoms. The van der Waals surface area contributed by atoms with Gasteiger partial charge >= 0.3 is 0 Å². The first-order chi connectivity index (χ1) is 10.3. The van der Waals surface area contributed by atoms with Crippen molar-refractivity contribution in [1.82, 2.24) is 20.2 Å². The first-order valence-corrected chi connectivity index (χ1v) is 6.15. The summed E-state index contributed by atoms with van der Waals surface area (Å²) in [5.41, 5.74) is 1.35. The Morgan fingerprint density at radius 2 is 1.86 bits per heavy atom. The second-order valence-corrected chi connectivity index (χ2v) is 4.06. The number of aromatic nitrogens is 4. The third kappa shape index (κ3) is 2.53. The van der Waals surface area contributed by atoms with E-state index in [1.807, 2.05) is 6.07 Å². The monoisotopic (exact) mass is 284 g/mol. The van der Waals surface area contributed by atoms with Gasteiger partial charge in [-0.15, -0.1) is 10.2 Å². The van der Waals surface area contributed by atoms with Gasteiger partial charge in [-0.1, -0.05) is 0 Å². The maximum Gasteiger partial charge on any atom is 0.253 e. The number of ether oxygens (including phenoxy) is 2. The van der Waals surface area contributed by atoms with Crippen LogP contribution in [0.5, 0.6) is 11.8 Å². The molecular weight excluding hydrogens is 272 g/mol. The fourth-order valence-corrected chi connectivity index (χ4v) is 1.79. The van der Waals surface area contributed by atoms with Gasteiger partial charge < -0.3 is 13.9 Å². The van der Waals surface area contributed by atoms with Crippen molar-refractivity contribution < 1.29 is 13.9 Å². The summed E-state index contributed by atoms with van der Waals surface area (Å²) in [5.74, 6) is 1.51. The van der Waals surface area contributed by atoms with Gasteiger partial charge in [0, 0.05) is 18.5 Å². The normalized spacial score (nSPS) is 10.4. The topological polar surface area (TPSA) is 83.2 Å². The summed E-state index contributed by atoms with van der Waals surface area (Å²) in [5, 5.41) is 8.03. The Bertz CT molecular complexity index is 743. The highest BCUT2D eigenvalue weighted by Gasteiger charge is 2.16. The van der Waals surface area contributed by atoms with E-state index in [0.717, 1.165) is 5.56 Å². The Morgan fingerprint density at radius 1 is 1.00 bits per heavy atom. The minimum atomic E-state index is 0.320. The Hall–Kier alpha value is -2.96. The van der Waals surface area contributed by atoms with Crippen LogP contribution in [-0.4, -0.2) is 34.4 Å². The zero-order valence-corrected chi connectivity index (χ0v) is 11.5. The van der Waals surface area contributed by atoms with Gasteiger partial charge in [0.2, 0.25) is 17.7 Å². The highest BCUT2D eigenvalue weighted by Crippen LogP contribution is 2.30. The number of hydrogen-bond donors (Lipinski definition) is 0. The molecule has 0 saturated heterocycles. The van der Waals surface area contributed by atoms with Gasteiger partial charge in [0.15, 0.2) is 0 Å². The predicted octanol–water partition coefficient (Wildman–Crippen LogP) is 2.21. The molecular formula is C14H12N4O3. The summed E-state index contributed by atoms with van der Waals surface area (Å²) in [6.45, 7) is 0. The van der Waals surface area contributed by atoms with E-state index < -0.39 is 0 Å². The molecule has 0 spiro atoms. The summed E-state index contributed by atoms with van der Waals surface area (Å²) < 4.78 is 15.9. The lowest BCUT2D eigenvalue weighted by Crippen LogP contribution is -1.94. The van der Waals surface area contributed by atoms with E-state index in [-0.39, 0.29) is 0 Å². The Balaban J connectivity index is 2.00. The fraction of sp³-hybridized carbons (Fsp3) is 0.143. The van der Waals surface area contributed by atoms with Crippen molar-refractivity contribution in [2.75, 3.05) is 14.2 Å². The van der Waals surface area contributed by atoms with Gasteiger partial charge in [-0.25, -0.2) is 0 Å². The molecule has 0 saturated carbocycles. The van der Waals surface area contributed by atoms with Crippen molar-refractivity contribution >= 4 is 0 Å². The van der Waals surface area contributed by atoms with E-state index >= 15 is 0 Å².